The summed E-state index contributed by atoms with van der Waals surface area (Å²) in [6.45, 7) is 2.77. The third-order valence-corrected chi connectivity index (χ3v) is 8.23. The molecule has 0 unspecified atom stereocenters. The Bertz CT molecular complexity index is 1420. The molecule has 11 heteroatoms. The van der Waals surface area contributed by atoms with E-state index in [1.165, 1.54) is 11.0 Å². The summed E-state index contributed by atoms with van der Waals surface area (Å²) in [6, 6.07) is 9.95. The number of nitrogens with one attached hydrogen (secondary N) is 1. The van der Waals surface area contributed by atoms with Crippen molar-refractivity contribution >= 4 is 17.5 Å². The lowest BCUT2D eigenvalue weighted by Crippen LogP contribution is -2.49. The Hall–Kier alpha value is -3.47. The number of aromatic nitrogens is 3. The first-order valence-corrected chi connectivity index (χ1v) is 13.2. The maximum atomic E-state index is 14.1. The lowest BCUT2D eigenvalue weighted by molar-refractivity contribution is -0.138. The molecule has 2 fully saturated rings. The molecule has 2 aromatic carbocycles. The Morgan fingerprint density at radius 3 is 2.54 bits per heavy atom. The fourth-order valence-electron chi connectivity index (χ4n) is 5.62. The van der Waals surface area contributed by atoms with Crippen molar-refractivity contribution in [3.05, 3.63) is 70.0 Å². The van der Waals surface area contributed by atoms with E-state index in [-0.39, 0.29) is 42.8 Å². The van der Waals surface area contributed by atoms with Crippen LogP contribution in [0.5, 0.6) is 0 Å². The van der Waals surface area contributed by atoms with Crippen molar-refractivity contribution in [3.8, 4) is 0 Å². The zero-order valence-corrected chi connectivity index (χ0v) is 21.9. The first-order valence-electron chi connectivity index (χ1n) is 13.2. The molecule has 1 amide bonds. The molecule has 0 spiro atoms. The highest BCUT2D eigenvalue weighted by Gasteiger charge is 2.41. The summed E-state index contributed by atoms with van der Waals surface area (Å²) in [5.74, 6) is 0.817. The van der Waals surface area contributed by atoms with Crippen LogP contribution < -0.4 is 15.1 Å². The molecule has 3 aromatic rings. The summed E-state index contributed by atoms with van der Waals surface area (Å²) in [5, 5.41) is 11.8. The zero-order chi connectivity index (χ0) is 27.5. The van der Waals surface area contributed by atoms with E-state index in [1.54, 1.807) is 24.3 Å². The van der Waals surface area contributed by atoms with Gasteiger partial charge in [0.15, 0.2) is 0 Å². The van der Waals surface area contributed by atoms with Crippen molar-refractivity contribution < 1.29 is 22.4 Å². The molecule has 1 saturated heterocycles. The Balaban J connectivity index is 1.24. The van der Waals surface area contributed by atoms with Gasteiger partial charge in [-0.05, 0) is 67.1 Å². The summed E-state index contributed by atoms with van der Waals surface area (Å²) >= 11 is 0. The number of fused-ring (bicyclic) bond motifs is 1. The van der Waals surface area contributed by atoms with E-state index < -0.39 is 23.8 Å². The van der Waals surface area contributed by atoms with Crippen molar-refractivity contribution in [3.63, 3.8) is 0 Å². The number of alkyl halides is 4. The fourth-order valence-corrected chi connectivity index (χ4v) is 5.62. The molecular formula is C28H30F4N6O. The topological polar surface area (TPSA) is 66.3 Å². The Kier molecular flexibility index (Phi) is 6.16. The lowest BCUT2D eigenvalue weighted by atomic mass is 9.78. The monoisotopic (exact) mass is 542 g/mol. The number of halogens is 4. The summed E-state index contributed by atoms with van der Waals surface area (Å²) < 4.78 is 57.4. The van der Waals surface area contributed by atoms with E-state index in [0.29, 0.717) is 29.4 Å². The van der Waals surface area contributed by atoms with Gasteiger partial charge in [0.2, 0.25) is 5.95 Å². The molecule has 2 aliphatic heterocycles. The molecule has 206 valence electrons. The predicted octanol–water partition coefficient (Wildman–Crippen LogP) is 4.78. The van der Waals surface area contributed by atoms with Crippen molar-refractivity contribution in [2.45, 2.75) is 63.6 Å². The summed E-state index contributed by atoms with van der Waals surface area (Å²) in [7, 11) is 1.82. The van der Waals surface area contributed by atoms with Crippen molar-refractivity contribution in [2.75, 3.05) is 22.9 Å². The fraction of sp³-hybridized carbons (Fsp3) is 0.464. The number of benzene rings is 2. The van der Waals surface area contributed by atoms with Crippen LogP contribution in [0, 0.1) is 0 Å². The minimum Gasteiger partial charge on any atom is -0.335 e. The minimum atomic E-state index is -4.57. The summed E-state index contributed by atoms with van der Waals surface area (Å²) in [4.78, 5) is 16.7. The van der Waals surface area contributed by atoms with E-state index in [0.717, 1.165) is 24.8 Å². The highest BCUT2D eigenvalue weighted by Crippen LogP contribution is 2.40. The van der Waals surface area contributed by atoms with Crippen LogP contribution in [-0.2, 0) is 32.7 Å². The molecule has 7 nitrogen and oxygen atoms in total. The van der Waals surface area contributed by atoms with E-state index in [9.17, 15) is 22.4 Å². The number of hydrogen-bond acceptors (Lipinski definition) is 5. The van der Waals surface area contributed by atoms with Crippen LogP contribution in [0.4, 0.5) is 29.2 Å². The summed E-state index contributed by atoms with van der Waals surface area (Å²) in [6.07, 6.45) is -1.95. The average molecular weight is 543 g/mol. The van der Waals surface area contributed by atoms with Gasteiger partial charge in [0, 0.05) is 36.8 Å². The standard InChI is InChI=1S/C28H30F4N6O/c1-27(7-4-8-27)33-13-18-10-21-22(23(11-18)28(30,31)32)16-38(25(21)39)20-6-3-5-17(9-20)12-24-34-35-26(36(24)2)37-14-19(29)15-37/h3,5-6,9-11,19,33H,4,7-8,12-16H2,1-2H3. The molecule has 39 heavy (non-hydrogen) atoms. The second-order valence-corrected chi connectivity index (χ2v) is 11.2. The Labute approximate surface area is 223 Å². The third kappa shape index (κ3) is 4.77. The van der Waals surface area contributed by atoms with E-state index in [4.69, 9.17) is 0 Å². The molecule has 1 aliphatic carbocycles. The van der Waals surface area contributed by atoms with E-state index in [2.05, 4.69) is 22.4 Å². The van der Waals surface area contributed by atoms with E-state index in [1.807, 2.05) is 22.6 Å². The molecule has 1 N–H and O–H groups in total. The second-order valence-electron chi connectivity index (χ2n) is 11.2. The smallest absolute Gasteiger partial charge is 0.335 e. The number of nitrogens with zero attached hydrogens (tertiary/aromatic N) is 5. The quantitative estimate of drug-likeness (QED) is 0.436. The first kappa shape index (κ1) is 25.8. The first-order chi connectivity index (χ1) is 18.5. The van der Waals surface area contributed by atoms with Crippen LogP contribution in [0.3, 0.4) is 0 Å². The molecule has 3 aliphatic rings. The van der Waals surface area contributed by atoms with Gasteiger partial charge in [-0.3, -0.25) is 4.79 Å². The average Bonchev–Trinajstić information content (AvgIpc) is 3.38. The second kappa shape index (κ2) is 9.32. The maximum absolute atomic E-state index is 14.1. The zero-order valence-electron chi connectivity index (χ0n) is 21.9. The van der Waals surface area contributed by atoms with Crippen LogP contribution in [0.25, 0.3) is 0 Å². The minimum absolute atomic E-state index is 0.00941. The van der Waals surface area contributed by atoms with Gasteiger partial charge in [-0.1, -0.05) is 12.1 Å². The molecule has 3 heterocycles. The number of anilines is 2. The van der Waals surface area contributed by atoms with Gasteiger partial charge >= 0.3 is 6.18 Å². The maximum Gasteiger partial charge on any atom is 0.416 e. The van der Waals surface area contributed by atoms with Crippen LogP contribution in [0.15, 0.2) is 36.4 Å². The molecule has 0 radical (unpaired) electrons. The molecule has 1 saturated carbocycles. The normalized spacial score (nSPS) is 18.8. The van der Waals surface area contributed by atoms with Gasteiger partial charge in [-0.2, -0.15) is 13.2 Å². The van der Waals surface area contributed by atoms with E-state index >= 15 is 0 Å². The van der Waals surface area contributed by atoms with Crippen LogP contribution in [-0.4, -0.2) is 45.5 Å². The number of carbonyl (C=O) groups excluding carboxylic acids is 1. The molecule has 0 atom stereocenters. The lowest BCUT2D eigenvalue weighted by Gasteiger charge is -2.39. The van der Waals surface area contributed by atoms with Crippen LogP contribution >= 0.6 is 0 Å². The Morgan fingerprint density at radius 2 is 1.87 bits per heavy atom. The number of amides is 1. The highest BCUT2D eigenvalue weighted by molar-refractivity contribution is 6.10. The van der Waals surface area contributed by atoms with Gasteiger partial charge in [0.05, 0.1) is 25.2 Å². The highest BCUT2D eigenvalue weighted by atomic mass is 19.4. The Morgan fingerprint density at radius 1 is 1.10 bits per heavy atom. The van der Waals surface area contributed by atoms with Crippen LogP contribution in [0.2, 0.25) is 0 Å². The molecular weight excluding hydrogens is 512 g/mol. The summed E-state index contributed by atoms with van der Waals surface area (Å²) in [5.41, 5.74) is 1.10. The van der Waals surface area contributed by atoms with Gasteiger partial charge in [-0.15, -0.1) is 10.2 Å². The SMILES string of the molecule is Cn1c(Cc2cccc(N3Cc4c(cc(CNC5(C)CCC5)cc4C(F)(F)F)C3=O)c2)nnc1N1CC(F)C1. The van der Waals surface area contributed by atoms with Crippen LogP contribution in [0.1, 0.15) is 64.6 Å². The van der Waals surface area contributed by atoms with Gasteiger partial charge in [0.25, 0.3) is 5.91 Å². The van der Waals surface area contributed by atoms with Crippen molar-refractivity contribution in [2.24, 2.45) is 7.05 Å². The van der Waals surface area contributed by atoms with Gasteiger partial charge in [-0.25, -0.2) is 4.39 Å². The number of rotatable bonds is 7. The third-order valence-electron chi connectivity index (χ3n) is 8.23. The number of carbonyl (C=O) groups is 1. The van der Waals surface area contributed by atoms with Crippen molar-refractivity contribution in [1.29, 1.82) is 0 Å². The van der Waals surface area contributed by atoms with Gasteiger partial charge in [0.1, 0.15) is 12.0 Å². The molecule has 0 bridgehead atoms. The molecule has 6 rings (SSSR count). The largest absolute Gasteiger partial charge is 0.416 e. The molecule has 1 aromatic heterocycles. The predicted molar refractivity (Wildman–Crippen MR) is 138 cm³/mol. The van der Waals surface area contributed by atoms with Gasteiger partial charge < -0.3 is 19.7 Å². The van der Waals surface area contributed by atoms with Crippen molar-refractivity contribution in [1.82, 2.24) is 20.1 Å². The number of hydrogen-bond donors (Lipinski definition) is 1.